The number of aryl methyl sites for hydroxylation is 1. The van der Waals surface area contributed by atoms with Crippen molar-refractivity contribution >= 4 is 5.88 Å². The number of methoxy groups -OCH3 is 1. The number of benzene rings is 1. The number of oxazole rings is 1. The largest absolute Gasteiger partial charge is 0.493 e. The summed E-state index contributed by atoms with van der Waals surface area (Å²) in [4.78, 5) is 6.84. The molecule has 1 aromatic heterocycles. The summed E-state index contributed by atoms with van der Waals surface area (Å²) in [5.74, 6) is 2.13. The fourth-order valence-corrected chi connectivity index (χ4v) is 3.88. The monoisotopic (exact) mass is 410 g/mol. The van der Waals surface area contributed by atoms with Crippen molar-refractivity contribution in [2.75, 3.05) is 51.9 Å². The molecule has 8 nitrogen and oxygen atoms in total. The summed E-state index contributed by atoms with van der Waals surface area (Å²) in [6.07, 6.45) is 0. The molecule has 3 heterocycles. The van der Waals surface area contributed by atoms with E-state index in [1.54, 1.807) is 14.0 Å². The lowest BCUT2D eigenvalue weighted by atomic mass is 9.85. The van der Waals surface area contributed by atoms with E-state index in [-0.39, 0.29) is 5.92 Å². The Morgan fingerprint density at radius 1 is 1.27 bits per heavy atom. The zero-order chi connectivity index (χ0) is 21.1. The summed E-state index contributed by atoms with van der Waals surface area (Å²) in [6.45, 7) is 8.46. The van der Waals surface area contributed by atoms with Gasteiger partial charge in [0.1, 0.15) is 12.3 Å². The van der Waals surface area contributed by atoms with Crippen LogP contribution in [0.2, 0.25) is 0 Å². The van der Waals surface area contributed by atoms with Gasteiger partial charge in [-0.25, -0.2) is 4.98 Å². The van der Waals surface area contributed by atoms with Crippen molar-refractivity contribution in [3.05, 3.63) is 46.6 Å². The molecule has 0 unspecified atom stereocenters. The van der Waals surface area contributed by atoms with Gasteiger partial charge in [-0.05, 0) is 24.6 Å². The number of aromatic nitrogens is 1. The van der Waals surface area contributed by atoms with Crippen LogP contribution in [-0.2, 0) is 4.74 Å². The molecule has 158 valence electrons. The number of fused-ring (bicyclic) bond motifs is 1. The van der Waals surface area contributed by atoms with E-state index >= 15 is 0 Å². The normalized spacial score (nSPS) is 19.1. The summed E-state index contributed by atoms with van der Waals surface area (Å²) in [5, 5.41) is 12.9. The Bertz CT molecular complexity index is 986. The first kappa shape index (κ1) is 20.3. The van der Waals surface area contributed by atoms with Crippen molar-refractivity contribution in [1.82, 2.24) is 9.88 Å². The topological polar surface area (TPSA) is 92.8 Å². The molecule has 4 rings (SSSR count). The smallest absolute Gasteiger partial charge is 0.222 e. The van der Waals surface area contributed by atoms with Crippen LogP contribution in [0.25, 0.3) is 0 Å². The van der Waals surface area contributed by atoms with E-state index in [2.05, 4.69) is 21.3 Å². The number of hydrogen-bond acceptors (Lipinski definition) is 8. The maximum Gasteiger partial charge on any atom is 0.222 e. The molecule has 0 radical (unpaired) electrons. The minimum atomic E-state index is -0.319. The molecule has 2 aliphatic rings. The first-order valence-electron chi connectivity index (χ1n) is 10.1. The number of nitrogens with zero attached hydrogens (tertiary/aromatic N) is 3. The Balaban J connectivity index is 1.56. The van der Waals surface area contributed by atoms with E-state index in [1.165, 1.54) is 0 Å². The van der Waals surface area contributed by atoms with E-state index in [0.717, 1.165) is 44.1 Å². The second kappa shape index (κ2) is 8.78. The number of anilines is 1. The van der Waals surface area contributed by atoms with E-state index in [9.17, 15) is 5.26 Å². The third kappa shape index (κ3) is 3.99. The molecular formula is C22H26N4O4. The predicted octanol–water partition coefficient (Wildman–Crippen LogP) is 3.06. The molecule has 0 bridgehead atoms. The summed E-state index contributed by atoms with van der Waals surface area (Å²) < 4.78 is 22.6. The lowest BCUT2D eigenvalue weighted by Crippen LogP contribution is -2.38. The molecule has 1 saturated heterocycles. The number of nitrogens with one attached hydrogen (secondary N) is 1. The number of rotatable bonds is 6. The highest BCUT2D eigenvalue weighted by Gasteiger charge is 2.33. The third-order valence-corrected chi connectivity index (χ3v) is 5.44. The molecule has 0 amide bonds. The van der Waals surface area contributed by atoms with Crippen LogP contribution in [0.1, 0.15) is 30.0 Å². The van der Waals surface area contributed by atoms with Gasteiger partial charge in [-0.15, -0.1) is 0 Å². The summed E-state index contributed by atoms with van der Waals surface area (Å²) in [5.41, 5.74) is 2.98. The Hall–Kier alpha value is -3.02. The molecular weight excluding hydrogens is 384 g/mol. The van der Waals surface area contributed by atoms with E-state index in [0.29, 0.717) is 41.1 Å². The Morgan fingerprint density at radius 3 is 2.80 bits per heavy atom. The number of allylic oxidation sites excluding steroid dienone is 2. The lowest BCUT2D eigenvalue weighted by molar-refractivity contribution is 0.0321. The van der Waals surface area contributed by atoms with Crippen LogP contribution in [0, 0.1) is 18.3 Å². The predicted molar refractivity (Wildman–Crippen MR) is 111 cm³/mol. The minimum absolute atomic E-state index is 0.319. The Morgan fingerprint density at radius 2 is 2.07 bits per heavy atom. The summed E-state index contributed by atoms with van der Waals surface area (Å²) in [7, 11) is 1.62. The van der Waals surface area contributed by atoms with Gasteiger partial charge < -0.3 is 23.9 Å². The second-order valence-electron chi connectivity index (χ2n) is 7.37. The van der Waals surface area contributed by atoms with Gasteiger partial charge in [0.25, 0.3) is 0 Å². The highest BCUT2D eigenvalue weighted by Crippen LogP contribution is 2.43. The molecule has 0 saturated carbocycles. The first-order chi connectivity index (χ1) is 14.6. The fourth-order valence-electron chi connectivity index (χ4n) is 3.88. The Kier molecular flexibility index (Phi) is 5.93. The van der Waals surface area contributed by atoms with E-state index < -0.39 is 0 Å². The minimum Gasteiger partial charge on any atom is -0.493 e. The van der Waals surface area contributed by atoms with Gasteiger partial charge in [-0.3, -0.25) is 4.90 Å². The van der Waals surface area contributed by atoms with Gasteiger partial charge in [0, 0.05) is 32.3 Å². The standard InChI is InChI=1S/C22H26N4O4/c1-14-17(13-23)20(21-22(24-14)30-15(2)25-21)16-4-5-18(19(12-16)27-3)29-11-8-26-6-9-28-10-7-26/h4-5,12,20,24H,6-11H2,1-3H3/t20-/m0/s1. The molecule has 1 atom stereocenters. The lowest BCUT2D eigenvalue weighted by Gasteiger charge is -2.26. The van der Waals surface area contributed by atoms with Crippen LogP contribution < -0.4 is 14.8 Å². The highest BCUT2D eigenvalue weighted by atomic mass is 16.5. The molecule has 30 heavy (non-hydrogen) atoms. The number of morpholine rings is 1. The van der Waals surface area contributed by atoms with Gasteiger partial charge >= 0.3 is 0 Å². The maximum absolute atomic E-state index is 9.77. The molecule has 8 heteroatoms. The molecule has 0 spiro atoms. The molecule has 0 aliphatic carbocycles. The molecule has 1 aromatic carbocycles. The SMILES string of the molecule is COc1cc([C@H]2C(C#N)=C(C)Nc3oc(C)nc32)ccc1OCCN1CCOCC1. The molecule has 2 aliphatic heterocycles. The van der Waals surface area contributed by atoms with Gasteiger partial charge in [0.15, 0.2) is 17.4 Å². The van der Waals surface area contributed by atoms with Crippen LogP contribution in [0.5, 0.6) is 11.5 Å². The van der Waals surface area contributed by atoms with Gasteiger partial charge in [0.2, 0.25) is 5.88 Å². The van der Waals surface area contributed by atoms with Crippen molar-refractivity contribution in [3.8, 4) is 17.6 Å². The van der Waals surface area contributed by atoms with Crippen LogP contribution in [0.3, 0.4) is 0 Å². The van der Waals surface area contributed by atoms with Crippen molar-refractivity contribution in [1.29, 1.82) is 5.26 Å². The molecule has 2 aromatic rings. The van der Waals surface area contributed by atoms with Gasteiger partial charge in [0.05, 0.1) is 37.9 Å². The van der Waals surface area contributed by atoms with Crippen LogP contribution in [-0.4, -0.2) is 56.4 Å². The molecule has 1 N–H and O–H groups in total. The fraction of sp³-hybridized carbons (Fsp3) is 0.455. The summed E-state index contributed by atoms with van der Waals surface area (Å²) >= 11 is 0. The van der Waals surface area contributed by atoms with Crippen molar-refractivity contribution in [2.45, 2.75) is 19.8 Å². The van der Waals surface area contributed by atoms with Crippen LogP contribution in [0.15, 0.2) is 33.9 Å². The second-order valence-corrected chi connectivity index (χ2v) is 7.37. The van der Waals surface area contributed by atoms with Crippen LogP contribution >= 0.6 is 0 Å². The molecule has 1 fully saturated rings. The summed E-state index contributed by atoms with van der Waals surface area (Å²) in [6, 6.07) is 8.09. The third-order valence-electron chi connectivity index (χ3n) is 5.44. The van der Waals surface area contributed by atoms with Crippen molar-refractivity contribution in [2.24, 2.45) is 0 Å². The zero-order valence-corrected chi connectivity index (χ0v) is 17.5. The maximum atomic E-state index is 9.77. The first-order valence-corrected chi connectivity index (χ1v) is 10.1. The quantitative estimate of drug-likeness (QED) is 0.777. The number of hydrogen-bond donors (Lipinski definition) is 1. The number of nitriles is 1. The Labute approximate surface area is 176 Å². The van der Waals surface area contributed by atoms with Gasteiger partial charge in [-0.1, -0.05) is 6.07 Å². The highest BCUT2D eigenvalue weighted by molar-refractivity contribution is 5.62. The van der Waals surface area contributed by atoms with E-state index in [1.807, 2.05) is 25.1 Å². The zero-order valence-electron chi connectivity index (χ0n) is 17.5. The number of ether oxygens (including phenoxy) is 3. The average Bonchev–Trinajstić information content (AvgIpc) is 3.13. The van der Waals surface area contributed by atoms with Crippen molar-refractivity contribution in [3.63, 3.8) is 0 Å². The van der Waals surface area contributed by atoms with E-state index in [4.69, 9.17) is 18.6 Å². The van der Waals surface area contributed by atoms with Gasteiger partial charge in [-0.2, -0.15) is 5.26 Å². The van der Waals surface area contributed by atoms with Crippen LogP contribution in [0.4, 0.5) is 5.88 Å². The average molecular weight is 410 g/mol. The van der Waals surface area contributed by atoms with Crippen molar-refractivity contribution < 1.29 is 18.6 Å².